The number of carboxylic acids is 1. The lowest BCUT2D eigenvalue weighted by molar-refractivity contribution is -0.138. The molecule has 0 saturated heterocycles. The molecule has 168 valence electrons. The van der Waals surface area contributed by atoms with Crippen molar-refractivity contribution >= 4 is 5.97 Å². The van der Waals surface area contributed by atoms with Crippen molar-refractivity contribution in [2.24, 2.45) is 40.9 Å². The molecule has 9 atom stereocenters. The highest BCUT2D eigenvalue weighted by atomic mass is 16.4. The number of aliphatic hydroxyl groups excluding tert-OH is 2. The Morgan fingerprint density at radius 1 is 1.10 bits per heavy atom. The molecule has 0 bridgehead atoms. The SMILES string of the molecule is CCC1C[C@H](O)[C@@]2(C)C(CCC2[C@H](C)CCC(=O)O)C1CC[C@H]1CCC[C@@H](O)C1. The van der Waals surface area contributed by atoms with Crippen molar-refractivity contribution < 1.29 is 20.1 Å². The van der Waals surface area contributed by atoms with Gasteiger partial charge < -0.3 is 15.3 Å². The van der Waals surface area contributed by atoms with Gasteiger partial charge in [0.2, 0.25) is 0 Å². The van der Waals surface area contributed by atoms with Gasteiger partial charge in [0, 0.05) is 6.42 Å². The van der Waals surface area contributed by atoms with Crippen molar-refractivity contribution in [3.8, 4) is 0 Å². The first-order valence-corrected chi connectivity index (χ1v) is 12.3. The number of fused-ring (bicyclic) bond motifs is 1. The molecule has 0 aromatic heterocycles. The van der Waals surface area contributed by atoms with E-state index in [-0.39, 0.29) is 24.0 Å². The summed E-state index contributed by atoms with van der Waals surface area (Å²) in [5.74, 6) is 2.57. The molecule has 3 rings (SSSR count). The lowest BCUT2D eigenvalue weighted by atomic mass is 9.53. The molecule has 0 radical (unpaired) electrons. The number of carboxylic acid groups (broad SMARTS) is 1. The van der Waals surface area contributed by atoms with Crippen LogP contribution in [0, 0.1) is 40.9 Å². The van der Waals surface area contributed by atoms with E-state index in [1.54, 1.807) is 0 Å². The van der Waals surface area contributed by atoms with Crippen LogP contribution >= 0.6 is 0 Å². The van der Waals surface area contributed by atoms with Gasteiger partial charge in [-0.05, 0) is 85.9 Å². The van der Waals surface area contributed by atoms with Crippen LogP contribution in [0.4, 0.5) is 0 Å². The van der Waals surface area contributed by atoms with Crippen LogP contribution in [0.25, 0.3) is 0 Å². The Morgan fingerprint density at radius 3 is 2.52 bits per heavy atom. The summed E-state index contributed by atoms with van der Waals surface area (Å²) >= 11 is 0. The van der Waals surface area contributed by atoms with Gasteiger partial charge in [0.05, 0.1) is 12.2 Å². The number of rotatable bonds is 8. The maximum Gasteiger partial charge on any atom is 0.303 e. The topological polar surface area (TPSA) is 77.8 Å². The number of carbonyl (C=O) groups is 1. The van der Waals surface area contributed by atoms with Crippen LogP contribution in [0.2, 0.25) is 0 Å². The van der Waals surface area contributed by atoms with E-state index in [0.717, 1.165) is 44.9 Å². The van der Waals surface area contributed by atoms with Crippen molar-refractivity contribution in [3.63, 3.8) is 0 Å². The lowest BCUT2D eigenvalue weighted by Crippen LogP contribution is -2.51. The molecule has 4 nitrogen and oxygen atoms in total. The molecule has 0 amide bonds. The molecule has 0 spiro atoms. The number of aliphatic carboxylic acids is 1. The highest BCUT2D eigenvalue weighted by Gasteiger charge is 2.58. The van der Waals surface area contributed by atoms with Crippen LogP contribution < -0.4 is 0 Å². The van der Waals surface area contributed by atoms with E-state index in [9.17, 15) is 15.0 Å². The summed E-state index contributed by atoms with van der Waals surface area (Å²) in [5, 5.41) is 30.4. The average molecular weight is 409 g/mol. The highest BCUT2D eigenvalue weighted by Crippen LogP contribution is 2.62. The standard InChI is InChI=1S/C25H44O4/c1-4-18-15-23(27)25(3)21(16(2)8-13-24(28)29)11-12-22(25)20(18)10-9-17-6-5-7-19(26)14-17/h16-23,26-27H,4-15H2,1-3H3,(H,28,29)/t16-,17-,18?,19-,20?,21?,22?,23+,25-/m1/s1. The molecule has 3 N–H and O–H groups in total. The fourth-order valence-electron chi connectivity index (χ4n) is 7.78. The summed E-state index contributed by atoms with van der Waals surface area (Å²) in [5.41, 5.74) is -0.0691. The predicted molar refractivity (Wildman–Crippen MR) is 115 cm³/mol. The number of aliphatic hydroxyl groups is 2. The lowest BCUT2D eigenvalue weighted by Gasteiger charge is -2.53. The van der Waals surface area contributed by atoms with Crippen LogP contribution in [0.1, 0.15) is 97.8 Å². The normalized spacial score (nSPS) is 43.7. The van der Waals surface area contributed by atoms with Gasteiger partial charge in [-0.2, -0.15) is 0 Å². The van der Waals surface area contributed by atoms with Gasteiger partial charge in [-0.1, -0.05) is 46.5 Å². The maximum absolute atomic E-state index is 11.3. The average Bonchev–Trinajstić information content (AvgIpc) is 3.04. The van der Waals surface area contributed by atoms with Gasteiger partial charge in [-0.3, -0.25) is 4.79 Å². The van der Waals surface area contributed by atoms with Gasteiger partial charge >= 0.3 is 5.97 Å². The van der Waals surface area contributed by atoms with Crippen LogP contribution in [0.5, 0.6) is 0 Å². The van der Waals surface area contributed by atoms with Crippen molar-refractivity contribution in [1.29, 1.82) is 0 Å². The monoisotopic (exact) mass is 408 g/mol. The second-order valence-corrected chi connectivity index (χ2v) is 10.9. The second kappa shape index (κ2) is 9.68. The van der Waals surface area contributed by atoms with E-state index >= 15 is 0 Å². The zero-order valence-corrected chi connectivity index (χ0v) is 18.9. The molecule has 4 unspecified atom stereocenters. The largest absolute Gasteiger partial charge is 0.481 e. The minimum Gasteiger partial charge on any atom is -0.481 e. The number of hydrogen-bond acceptors (Lipinski definition) is 3. The summed E-state index contributed by atoms with van der Waals surface area (Å²) < 4.78 is 0. The zero-order chi connectivity index (χ0) is 21.2. The third-order valence-corrected chi connectivity index (χ3v) is 9.44. The Kier molecular flexibility index (Phi) is 7.70. The molecular weight excluding hydrogens is 364 g/mol. The predicted octanol–water partition coefficient (Wildman–Crippen LogP) is 5.26. The first-order chi connectivity index (χ1) is 13.8. The molecule has 3 saturated carbocycles. The fourth-order valence-corrected chi connectivity index (χ4v) is 7.78. The quantitative estimate of drug-likeness (QED) is 0.512. The molecule has 0 aromatic carbocycles. The summed E-state index contributed by atoms with van der Waals surface area (Å²) in [7, 11) is 0. The Bertz CT molecular complexity index is 549. The summed E-state index contributed by atoms with van der Waals surface area (Å²) in [4.78, 5) is 11.1. The van der Waals surface area contributed by atoms with Crippen LogP contribution in [0.3, 0.4) is 0 Å². The van der Waals surface area contributed by atoms with Gasteiger partial charge in [0.15, 0.2) is 0 Å². The Hall–Kier alpha value is -0.610. The van der Waals surface area contributed by atoms with Crippen LogP contribution in [-0.4, -0.2) is 33.5 Å². The minimum atomic E-state index is -0.709. The van der Waals surface area contributed by atoms with Gasteiger partial charge in [-0.25, -0.2) is 0 Å². The minimum absolute atomic E-state index is 0.0691. The van der Waals surface area contributed by atoms with Crippen molar-refractivity contribution in [1.82, 2.24) is 0 Å². The maximum atomic E-state index is 11.3. The van der Waals surface area contributed by atoms with E-state index in [0.29, 0.717) is 35.5 Å². The molecule has 0 aromatic rings. The van der Waals surface area contributed by atoms with E-state index in [4.69, 9.17) is 5.11 Å². The molecule has 3 aliphatic carbocycles. The van der Waals surface area contributed by atoms with E-state index < -0.39 is 5.97 Å². The Labute approximate surface area is 177 Å². The van der Waals surface area contributed by atoms with E-state index in [2.05, 4.69) is 20.8 Å². The zero-order valence-electron chi connectivity index (χ0n) is 18.9. The van der Waals surface area contributed by atoms with Crippen molar-refractivity contribution in [3.05, 3.63) is 0 Å². The summed E-state index contributed by atoms with van der Waals surface area (Å²) in [6.07, 6.45) is 11.8. The Morgan fingerprint density at radius 2 is 1.86 bits per heavy atom. The second-order valence-electron chi connectivity index (χ2n) is 10.9. The van der Waals surface area contributed by atoms with E-state index in [1.807, 2.05) is 0 Å². The van der Waals surface area contributed by atoms with Crippen molar-refractivity contribution in [2.75, 3.05) is 0 Å². The third-order valence-electron chi connectivity index (χ3n) is 9.44. The molecule has 3 aliphatic rings. The fraction of sp³-hybridized carbons (Fsp3) is 0.960. The van der Waals surface area contributed by atoms with E-state index in [1.165, 1.54) is 25.7 Å². The molecule has 0 aliphatic heterocycles. The molecule has 0 heterocycles. The summed E-state index contributed by atoms with van der Waals surface area (Å²) in [6.45, 7) is 6.80. The van der Waals surface area contributed by atoms with Gasteiger partial charge in [0.1, 0.15) is 0 Å². The molecule has 29 heavy (non-hydrogen) atoms. The molecule has 3 fully saturated rings. The van der Waals surface area contributed by atoms with Crippen LogP contribution in [0.15, 0.2) is 0 Å². The molecule has 4 heteroatoms. The van der Waals surface area contributed by atoms with Crippen LogP contribution in [-0.2, 0) is 4.79 Å². The summed E-state index contributed by atoms with van der Waals surface area (Å²) in [6, 6.07) is 0. The van der Waals surface area contributed by atoms with Gasteiger partial charge in [-0.15, -0.1) is 0 Å². The number of hydrogen-bond donors (Lipinski definition) is 3. The van der Waals surface area contributed by atoms with Crippen molar-refractivity contribution in [2.45, 2.75) is 110 Å². The third kappa shape index (κ3) is 4.84. The van der Waals surface area contributed by atoms with Gasteiger partial charge in [0.25, 0.3) is 0 Å². The first kappa shape index (κ1) is 23.1. The first-order valence-electron chi connectivity index (χ1n) is 12.3. The highest BCUT2D eigenvalue weighted by molar-refractivity contribution is 5.66. The smallest absolute Gasteiger partial charge is 0.303 e. The Balaban J connectivity index is 1.71. The molecular formula is C25H44O4.